The largest absolute Gasteiger partial charge is 0.480 e. The van der Waals surface area contributed by atoms with Gasteiger partial charge in [0.25, 0.3) is 0 Å². The second kappa shape index (κ2) is 3.43. The standard InChI is InChI=1S/C9H12N2O2/c1-5-4-7(6(2)12)8(10)9(11-5)13-3/h4H,10H2,1-3H3. The van der Waals surface area contributed by atoms with Crippen LogP contribution in [0.25, 0.3) is 0 Å². The molecule has 0 spiro atoms. The van der Waals surface area contributed by atoms with Crippen LogP contribution in [0.5, 0.6) is 5.88 Å². The predicted molar refractivity (Wildman–Crippen MR) is 49.9 cm³/mol. The zero-order chi connectivity index (χ0) is 10.0. The highest BCUT2D eigenvalue weighted by Crippen LogP contribution is 2.23. The Labute approximate surface area is 76.7 Å². The summed E-state index contributed by atoms with van der Waals surface area (Å²) in [5, 5.41) is 0. The fourth-order valence-electron chi connectivity index (χ4n) is 1.10. The molecule has 70 valence electrons. The van der Waals surface area contributed by atoms with Crippen LogP contribution in [0, 0.1) is 6.92 Å². The molecule has 2 N–H and O–H groups in total. The average molecular weight is 180 g/mol. The van der Waals surface area contributed by atoms with Gasteiger partial charge in [-0.3, -0.25) is 4.79 Å². The fourth-order valence-corrected chi connectivity index (χ4v) is 1.10. The molecule has 4 heteroatoms. The van der Waals surface area contributed by atoms with Crippen molar-refractivity contribution in [2.45, 2.75) is 13.8 Å². The Balaban J connectivity index is 3.35. The summed E-state index contributed by atoms with van der Waals surface area (Å²) in [4.78, 5) is 15.2. The van der Waals surface area contributed by atoms with Gasteiger partial charge in [-0.25, -0.2) is 4.98 Å². The van der Waals surface area contributed by atoms with E-state index in [1.165, 1.54) is 14.0 Å². The summed E-state index contributed by atoms with van der Waals surface area (Å²) in [5.74, 6) is 0.228. The molecule has 4 nitrogen and oxygen atoms in total. The lowest BCUT2D eigenvalue weighted by Crippen LogP contribution is -2.05. The van der Waals surface area contributed by atoms with Crippen LogP contribution in [0.2, 0.25) is 0 Å². The summed E-state index contributed by atoms with van der Waals surface area (Å²) in [6, 6.07) is 1.65. The molecular formula is C9H12N2O2. The summed E-state index contributed by atoms with van der Waals surface area (Å²) in [6.07, 6.45) is 0. The van der Waals surface area contributed by atoms with E-state index in [1.54, 1.807) is 13.0 Å². The molecule has 1 aromatic rings. The van der Waals surface area contributed by atoms with Crippen molar-refractivity contribution in [1.29, 1.82) is 0 Å². The lowest BCUT2D eigenvalue weighted by atomic mass is 10.1. The number of rotatable bonds is 2. The maximum absolute atomic E-state index is 11.1. The van der Waals surface area contributed by atoms with Gasteiger partial charge in [0.15, 0.2) is 5.78 Å². The third-order valence-electron chi connectivity index (χ3n) is 1.72. The van der Waals surface area contributed by atoms with Crippen LogP contribution in [0.15, 0.2) is 6.07 Å². The van der Waals surface area contributed by atoms with Gasteiger partial charge in [-0.15, -0.1) is 0 Å². The molecule has 13 heavy (non-hydrogen) atoms. The number of ketones is 1. The van der Waals surface area contributed by atoms with E-state index < -0.39 is 0 Å². The Morgan fingerprint density at radius 1 is 1.62 bits per heavy atom. The molecule has 1 rings (SSSR count). The van der Waals surface area contributed by atoms with Crippen LogP contribution >= 0.6 is 0 Å². The SMILES string of the molecule is COc1nc(C)cc(C(C)=O)c1N. The van der Waals surface area contributed by atoms with Crippen molar-refractivity contribution < 1.29 is 9.53 Å². The molecule has 0 aromatic carbocycles. The monoisotopic (exact) mass is 180 g/mol. The van der Waals surface area contributed by atoms with Crippen LogP contribution in [-0.4, -0.2) is 17.9 Å². The molecule has 0 bridgehead atoms. The highest BCUT2D eigenvalue weighted by molar-refractivity contribution is 6.00. The molecule has 1 aromatic heterocycles. The summed E-state index contributed by atoms with van der Waals surface area (Å²) in [5.41, 5.74) is 7.14. The Morgan fingerprint density at radius 2 is 2.23 bits per heavy atom. The van der Waals surface area contributed by atoms with Gasteiger partial charge in [0.2, 0.25) is 5.88 Å². The first-order valence-electron chi connectivity index (χ1n) is 3.88. The normalized spacial score (nSPS) is 9.77. The number of ether oxygens (including phenoxy) is 1. The van der Waals surface area contributed by atoms with Crippen molar-refractivity contribution in [2.24, 2.45) is 0 Å². The smallest absolute Gasteiger partial charge is 0.237 e. The summed E-state index contributed by atoms with van der Waals surface area (Å²) in [6.45, 7) is 3.25. The molecule has 0 aliphatic carbocycles. The minimum Gasteiger partial charge on any atom is -0.480 e. The maximum atomic E-state index is 11.1. The molecule has 0 saturated carbocycles. The number of nitrogens with zero attached hydrogens (tertiary/aromatic N) is 1. The molecule has 0 aliphatic rings. The van der Waals surface area contributed by atoms with Gasteiger partial charge < -0.3 is 10.5 Å². The van der Waals surface area contributed by atoms with Crippen molar-refractivity contribution in [1.82, 2.24) is 4.98 Å². The van der Waals surface area contributed by atoms with Gasteiger partial charge in [-0.1, -0.05) is 0 Å². The molecule has 0 radical (unpaired) electrons. The number of carbonyl (C=O) groups excluding carboxylic acids is 1. The van der Waals surface area contributed by atoms with Gasteiger partial charge in [-0.2, -0.15) is 0 Å². The third kappa shape index (κ3) is 1.77. The molecular weight excluding hydrogens is 168 g/mol. The minimum atomic E-state index is -0.0821. The van der Waals surface area contributed by atoms with E-state index in [-0.39, 0.29) is 5.78 Å². The Morgan fingerprint density at radius 3 is 2.69 bits per heavy atom. The van der Waals surface area contributed by atoms with Crippen molar-refractivity contribution in [3.8, 4) is 5.88 Å². The molecule has 0 saturated heterocycles. The zero-order valence-electron chi connectivity index (χ0n) is 7.92. The van der Waals surface area contributed by atoms with Crippen LogP contribution in [0.3, 0.4) is 0 Å². The number of Topliss-reactive ketones (excluding diaryl/α,β-unsaturated/α-hetero) is 1. The van der Waals surface area contributed by atoms with Gasteiger partial charge in [0, 0.05) is 11.3 Å². The number of nitrogens with two attached hydrogens (primary N) is 1. The lowest BCUT2D eigenvalue weighted by molar-refractivity contribution is 0.101. The van der Waals surface area contributed by atoms with Crippen molar-refractivity contribution in [3.05, 3.63) is 17.3 Å². The van der Waals surface area contributed by atoms with Gasteiger partial charge in [0.1, 0.15) is 5.69 Å². The second-order valence-corrected chi connectivity index (χ2v) is 2.79. The van der Waals surface area contributed by atoms with E-state index in [9.17, 15) is 4.79 Å². The first kappa shape index (κ1) is 9.51. The number of pyridine rings is 1. The topological polar surface area (TPSA) is 65.2 Å². The van der Waals surface area contributed by atoms with Crippen LogP contribution in [0.1, 0.15) is 23.0 Å². The first-order chi connectivity index (χ1) is 6.06. The van der Waals surface area contributed by atoms with Gasteiger partial charge in [0.05, 0.1) is 7.11 Å². The summed E-state index contributed by atoms with van der Waals surface area (Å²) < 4.78 is 4.93. The number of hydrogen-bond donors (Lipinski definition) is 1. The number of hydrogen-bond acceptors (Lipinski definition) is 4. The molecule has 1 heterocycles. The predicted octanol–water partition coefficient (Wildman–Crippen LogP) is 1.18. The Bertz CT molecular complexity index is 348. The molecule has 0 aliphatic heterocycles. The number of anilines is 1. The van der Waals surface area contributed by atoms with Gasteiger partial charge >= 0.3 is 0 Å². The molecule has 0 atom stereocenters. The lowest BCUT2D eigenvalue weighted by Gasteiger charge is -2.07. The van der Waals surface area contributed by atoms with Crippen LogP contribution < -0.4 is 10.5 Å². The Kier molecular flexibility index (Phi) is 2.51. The second-order valence-electron chi connectivity index (χ2n) is 2.79. The van der Waals surface area contributed by atoms with E-state index in [4.69, 9.17) is 10.5 Å². The van der Waals surface area contributed by atoms with Crippen molar-refractivity contribution in [2.75, 3.05) is 12.8 Å². The number of carbonyl (C=O) groups is 1. The van der Waals surface area contributed by atoms with Crippen LogP contribution in [-0.2, 0) is 0 Å². The van der Waals surface area contributed by atoms with Gasteiger partial charge in [-0.05, 0) is 19.9 Å². The molecule has 0 fully saturated rings. The number of methoxy groups -OCH3 is 1. The van der Waals surface area contributed by atoms with E-state index in [0.717, 1.165) is 5.69 Å². The van der Waals surface area contributed by atoms with E-state index in [2.05, 4.69) is 4.98 Å². The van der Waals surface area contributed by atoms with E-state index >= 15 is 0 Å². The van der Waals surface area contributed by atoms with Crippen LogP contribution in [0.4, 0.5) is 5.69 Å². The van der Waals surface area contributed by atoms with Crippen molar-refractivity contribution in [3.63, 3.8) is 0 Å². The average Bonchev–Trinajstić information content (AvgIpc) is 2.08. The summed E-state index contributed by atoms with van der Waals surface area (Å²) >= 11 is 0. The molecule has 0 amide bonds. The summed E-state index contributed by atoms with van der Waals surface area (Å²) in [7, 11) is 1.47. The number of aryl methyl sites for hydroxylation is 1. The number of aromatic nitrogens is 1. The highest BCUT2D eigenvalue weighted by atomic mass is 16.5. The first-order valence-corrected chi connectivity index (χ1v) is 3.88. The van der Waals surface area contributed by atoms with E-state index in [1.807, 2.05) is 0 Å². The minimum absolute atomic E-state index is 0.0821. The Hall–Kier alpha value is -1.58. The fraction of sp³-hybridized carbons (Fsp3) is 0.333. The highest BCUT2D eigenvalue weighted by Gasteiger charge is 2.11. The third-order valence-corrected chi connectivity index (χ3v) is 1.72. The van der Waals surface area contributed by atoms with E-state index in [0.29, 0.717) is 17.1 Å². The zero-order valence-corrected chi connectivity index (χ0v) is 7.92. The van der Waals surface area contributed by atoms with Crippen molar-refractivity contribution >= 4 is 11.5 Å². The maximum Gasteiger partial charge on any atom is 0.237 e. The number of nitrogen functional groups attached to an aromatic ring is 1. The quantitative estimate of drug-likeness (QED) is 0.694. The molecule has 0 unspecified atom stereocenters.